The van der Waals surface area contributed by atoms with Gasteiger partial charge in [0.2, 0.25) is 5.88 Å². The van der Waals surface area contributed by atoms with Gasteiger partial charge in [-0.3, -0.25) is 9.25 Å². The molecule has 0 aliphatic rings. The third-order valence-corrected chi connectivity index (χ3v) is 4.30. The highest BCUT2D eigenvalue weighted by molar-refractivity contribution is 7.60. The zero-order valence-electron chi connectivity index (χ0n) is 11.7. The fraction of sp³-hybridized carbons (Fsp3) is 0.143. The van der Waals surface area contributed by atoms with Gasteiger partial charge in [0.25, 0.3) is 0 Å². The van der Waals surface area contributed by atoms with Gasteiger partial charge in [0, 0.05) is 6.20 Å². The first kappa shape index (κ1) is 14.7. The second kappa shape index (κ2) is 5.53. The fourth-order valence-corrected chi connectivity index (χ4v) is 2.78. The Bertz CT molecular complexity index is 854. The van der Waals surface area contributed by atoms with Crippen molar-refractivity contribution in [3.8, 4) is 5.88 Å². The molecule has 7 nitrogen and oxygen atoms in total. The van der Waals surface area contributed by atoms with E-state index in [0.717, 1.165) is 16.5 Å². The molecule has 0 bridgehead atoms. The highest BCUT2D eigenvalue weighted by Gasteiger charge is 2.16. The molecule has 114 valence electrons. The molecule has 0 saturated heterocycles. The zero-order chi connectivity index (χ0) is 15.7. The molecule has 2 aromatic heterocycles. The molecule has 0 fully saturated rings. The van der Waals surface area contributed by atoms with Crippen LogP contribution in [0.5, 0.6) is 5.88 Å². The lowest BCUT2D eigenvalue weighted by atomic mass is 10.2. The van der Waals surface area contributed by atoms with Crippen molar-refractivity contribution in [2.24, 2.45) is 0 Å². The van der Waals surface area contributed by atoms with Gasteiger partial charge < -0.3 is 14.5 Å². The van der Waals surface area contributed by atoms with E-state index in [2.05, 4.69) is 10.1 Å². The Balaban J connectivity index is 1.92. The van der Waals surface area contributed by atoms with Crippen LogP contribution < -0.4 is 10.0 Å². The number of aromatic nitrogens is 3. The lowest BCUT2D eigenvalue weighted by Crippen LogP contribution is -2.06. The molecule has 2 N–H and O–H groups in total. The lowest BCUT2D eigenvalue weighted by Gasteiger charge is -2.07. The van der Waals surface area contributed by atoms with Gasteiger partial charge in [-0.15, -0.1) is 0 Å². The standard InChI is InChI=1S/C14H14N3O4P/c1-21-14-12-8-16-17(13(12)6-7-15-14)9-10-2-4-11(5-3-10)22(18,19)20/h2-8H,9H2,1H3,(H2,18,19,20). The van der Waals surface area contributed by atoms with Gasteiger partial charge in [0.1, 0.15) is 0 Å². The van der Waals surface area contributed by atoms with Crippen molar-refractivity contribution in [2.75, 3.05) is 7.11 Å². The first-order valence-electron chi connectivity index (χ1n) is 6.48. The van der Waals surface area contributed by atoms with Crippen molar-refractivity contribution in [3.63, 3.8) is 0 Å². The minimum absolute atomic E-state index is 0.00689. The predicted octanol–water partition coefficient (Wildman–Crippen LogP) is 1.29. The van der Waals surface area contributed by atoms with Gasteiger partial charge in [0.15, 0.2) is 0 Å². The number of hydrogen-bond acceptors (Lipinski definition) is 4. The number of hydrogen-bond donors (Lipinski definition) is 2. The fourth-order valence-electron chi connectivity index (χ4n) is 2.24. The molecule has 2 heterocycles. The van der Waals surface area contributed by atoms with E-state index in [1.165, 1.54) is 12.1 Å². The Morgan fingerprint density at radius 1 is 1.23 bits per heavy atom. The number of pyridine rings is 1. The molecule has 22 heavy (non-hydrogen) atoms. The molecule has 1 aromatic carbocycles. The second-order valence-corrected chi connectivity index (χ2v) is 6.37. The molecule has 3 aromatic rings. The Hall–Kier alpha value is -2.21. The van der Waals surface area contributed by atoms with E-state index >= 15 is 0 Å². The van der Waals surface area contributed by atoms with Gasteiger partial charge in [-0.1, -0.05) is 12.1 Å². The second-order valence-electron chi connectivity index (χ2n) is 4.77. The predicted molar refractivity (Wildman–Crippen MR) is 81.3 cm³/mol. The summed E-state index contributed by atoms with van der Waals surface area (Å²) < 4.78 is 18.1. The van der Waals surface area contributed by atoms with E-state index < -0.39 is 7.60 Å². The summed E-state index contributed by atoms with van der Waals surface area (Å²) in [5, 5.41) is 5.14. The number of methoxy groups -OCH3 is 1. The van der Waals surface area contributed by atoms with E-state index in [4.69, 9.17) is 14.5 Å². The first-order valence-corrected chi connectivity index (χ1v) is 8.10. The van der Waals surface area contributed by atoms with E-state index in [-0.39, 0.29) is 5.30 Å². The summed E-state index contributed by atoms with van der Waals surface area (Å²) in [7, 11) is -2.65. The van der Waals surface area contributed by atoms with Crippen LogP contribution in [0.1, 0.15) is 5.56 Å². The monoisotopic (exact) mass is 319 g/mol. The normalized spacial score (nSPS) is 11.8. The largest absolute Gasteiger partial charge is 0.480 e. The van der Waals surface area contributed by atoms with Crippen molar-refractivity contribution in [3.05, 3.63) is 48.3 Å². The smallest absolute Gasteiger partial charge is 0.356 e. The molecular weight excluding hydrogens is 305 g/mol. The van der Waals surface area contributed by atoms with Crippen molar-refractivity contribution < 1.29 is 19.1 Å². The highest BCUT2D eigenvalue weighted by Crippen LogP contribution is 2.32. The van der Waals surface area contributed by atoms with Crippen LogP contribution >= 0.6 is 7.60 Å². The summed E-state index contributed by atoms with van der Waals surface area (Å²) in [6.45, 7) is 0.484. The van der Waals surface area contributed by atoms with Crippen LogP contribution in [0.15, 0.2) is 42.7 Å². The average Bonchev–Trinajstić information content (AvgIpc) is 2.90. The van der Waals surface area contributed by atoms with E-state index in [0.29, 0.717) is 12.4 Å². The van der Waals surface area contributed by atoms with E-state index in [1.54, 1.807) is 36.3 Å². The summed E-state index contributed by atoms with van der Waals surface area (Å²) in [6, 6.07) is 8.07. The quantitative estimate of drug-likeness (QED) is 0.703. The van der Waals surface area contributed by atoms with Crippen LogP contribution in [0, 0.1) is 0 Å². The summed E-state index contributed by atoms with van der Waals surface area (Å²) in [4.78, 5) is 22.3. The highest BCUT2D eigenvalue weighted by atomic mass is 31.2. The van der Waals surface area contributed by atoms with Crippen molar-refractivity contribution >= 4 is 23.8 Å². The zero-order valence-corrected chi connectivity index (χ0v) is 12.6. The van der Waals surface area contributed by atoms with E-state index in [9.17, 15) is 4.57 Å². The summed E-state index contributed by atoms with van der Waals surface area (Å²) in [6.07, 6.45) is 3.33. The van der Waals surface area contributed by atoms with Gasteiger partial charge in [0.05, 0.1) is 36.1 Å². The van der Waals surface area contributed by atoms with Gasteiger partial charge in [-0.05, 0) is 23.8 Å². The summed E-state index contributed by atoms with van der Waals surface area (Å²) >= 11 is 0. The maximum absolute atomic E-state index is 11.2. The number of rotatable bonds is 4. The summed E-state index contributed by atoms with van der Waals surface area (Å²) in [5.41, 5.74) is 1.77. The molecule has 3 rings (SSSR count). The van der Waals surface area contributed by atoms with Gasteiger partial charge >= 0.3 is 7.60 Å². The topological polar surface area (TPSA) is 97.5 Å². The Labute approximate surface area is 126 Å². The SMILES string of the molecule is COc1nccc2c1cnn2Cc1ccc(P(=O)(O)O)cc1. The van der Waals surface area contributed by atoms with Crippen LogP contribution in [-0.2, 0) is 11.1 Å². The number of benzene rings is 1. The van der Waals surface area contributed by atoms with Crippen LogP contribution in [-0.4, -0.2) is 31.7 Å². The molecular formula is C14H14N3O4P. The maximum Gasteiger partial charge on any atom is 0.356 e. The number of fused-ring (bicyclic) bond motifs is 1. The minimum atomic E-state index is -4.21. The van der Waals surface area contributed by atoms with Crippen LogP contribution in [0.3, 0.4) is 0 Å². The van der Waals surface area contributed by atoms with Gasteiger partial charge in [-0.2, -0.15) is 5.10 Å². The van der Waals surface area contributed by atoms with Gasteiger partial charge in [-0.25, -0.2) is 4.98 Å². The third kappa shape index (κ3) is 2.74. The molecule has 0 spiro atoms. The average molecular weight is 319 g/mol. The maximum atomic E-state index is 11.2. The molecule has 0 amide bonds. The summed E-state index contributed by atoms with van der Waals surface area (Å²) in [5.74, 6) is 0.514. The molecule has 0 unspecified atom stereocenters. The van der Waals surface area contributed by atoms with Crippen molar-refractivity contribution in [2.45, 2.75) is 6.54 Å². The molecule has 8 heteroatoms. The Kier molecular flexibility index (Phi) is 3.70. The van der Waals surface area contributed by atoms with Crippen LogP contribution in [0.25, 0.3) is 10.9 Å². The third-order valence-electron chi connectivity index (χ3n) is 3.33. The molecule has 0 aliphatic heterocycles. The number of ether oxygens (including phenoxy) is 1. The Morgan fingerprint density at radius 3 is 2.59 bits per heavy atom. The molecule has 0 aliphatic carbocycles. The first-order chi connectivity index (χ1) is 10.5. The molecule has 0 saturated carbocycles. The van der Waals surface area contributed by atoms with Crippen LogP contribution in [0.4, 0.5) is 0 Å². The number of nitrogens with zero attached hydrogens (tertiary/aromatic N) is 3. The molecule has 0 atom stereocenters. The lowest BCUT2D eigenvalue weighted by molar-refractivity contribution is 0.387. The Morgan fingerprint density at radius 2 is 1.95 bits per heavy atom. The van der Waals surface area contributed by atoms with Crippen molar-refractivity contribution in [1.82, 2.24) is 14.8 Å². The van der Waals surface area contributed by atoms with E-state index in [1.807, 2.05) is 6.07 Å². The van der Waals surface area contributed by atoms with Crippen molar-refractivity contribution in [1.29, 1.82) is 0 Å². The molecule has 0 radical (unpaired) electrons. The minimum Gasteiger partial charge on any atom is -0.480 e. The van der Waals surface area contributed by atoms with Crippen LogP contribution in [0.2, 0.25) is 0 Å².